The third kappa shape index (κ3) is 4.10. The monoisotopic (exact) mass is 226 g/mol. The molecular weight excluding hydrogens is 204 g/mol. The number of hydrogen-bond donors (Lipinski definition) is 1. The van der Waals surface area contributed by atoms with Crippen LogP contribution in [0.2, 0.25) is 0 Å². The smallest absolute Gasteiger partial charge is 0.224 e. The lowest BCUT2D eigenvalue weighted by Gasteiger charge is -2.26. The summed E-state index contributed by atoms with van der Waals surface area (Å²) in [4.78, 5) is 13.6. The van der Waals surface area contributed by atoms with Crippen molar-refractivity contribution < 1.29 is 9.53 Å². The summed E-state index contributed by atoms with van der Waals surface area (Å²) < 4.78 is 5.22. The van der Waals surface area contributed by atoms with Crippen LogP contribution in [0.15, 0.2) is 0 Å². The highest BCUT2D eigenvalue weighted by Gasteiger charge is 2.20. The van der Waals surface area contributed by atoms with Crippen molar-refractivity contribution in [1.29, 1.82) is 0 Å². The van der Waals surface area contributed by atoms with Gasteiger partial charge in [0.15, 0.2) is 0 Å². The number of morpholine rings is 1. The molecule has 0 aromatic rings. The molecule has 1 amide bonds. The zero-order chi connectivity index (χ0) is 11.2. The van der Waals surface area contributed by atoms with Crippen LogP contribution in [0.4, 0.5) is 0 Å². The van der Waals surface area contributed by atoms with Crippen molar-refractivity contribution in [1.82, 2.24) is 10.2 Å². The van der Waals surface area contributed by atoms with Crippen LogP contribution in [-0.2, 0) is 9.53 Å². The first-order valence-electron chi connectivity index (χ1n) is 6.42. The van der Waals surface area contributed by atoms with Gasteiger partial charge in [-0.3, -0.25) is 4.79 Å². The van der Waals surface area contributed by atoms with E-state index in [1.807, 2.05) is 4.90 Å². The van der Waals surface area contributed by atoms with Gasteiger partial charge in [-0.15, -0.1) is 0 Å². The minimum atomic E-state index is 0.266. The lowest BCUT2D eigenvalue weighted by molar-refractivity contribution is -0.135. The molecule has 0 radical (unpaired) electrons. The van der Waals surface area contributed by atoms with E-state index >= 15 is 0 Å². The SMILES string of the molecule is O=C(CCNCCC1CC1)N1CCOCC1. The Morgan fingerprint density at radius 1 is 1.25 bits per heavy atom. The Balaban J connectivity index is 1.48. The molecule has 1 saturated heterocycles. The van der Waals surface area contributed by atoms with Crippen molar-refractivity contribution in [2.45, 2.75) is 25.7 Å². The standard InChI is InChI=1S/C12H22N2O2/c15-12(14-7-9-16-10-8-14)4-6-13-5-3-11-1-2-11/h11,13H,1-10H2. The summed E-state index contributed by atoms with van der Waals surface area (Å²) in [5.41, 5.74) is 0. The van der Waals surface area contributed by atoms with Gasteiger partial charge in [-0.1, -0.05) is 12.8 Å². The van der Waals surface area contributed by atoms with Crippen LogP contribution in [0, 0.1) is 5.92 Å². The average molecular weight is 226 g/mol. The Labute approximate surface area is 97.3 Å². The fourth-order valence-electron chi connectivity index (χ4n) is 2.00. The van der Waals surface area contributed by atoms with E-state index in [-0.39, 0.29) is 5.91 Å². The van der Waals surface area contributed by atoms with E-state index in [1.165, 1.54) is 19.3 Å². The number of carbonyl (C=O) groups is 1. The van der Waals surface area contributed by atoms with E-state index in [2.05, 4.69) is 5.32 Å². The van der Waals surface area contributed by atoms with Gasteiger partial charge in [0.25, 0.3) is 0 Å². The van der Waals surface area contributed by atoms with Crippen molar-refractivity contribution >= 4 is 5.91 Å². The second-order valence-corrected chi connectivity index (χ2v) is 4.73. The Hall–Kier alpha value is -0.610. The first-order chi connectivity index (χ1) is 7.86. The molecule has 0 atom stereocenters. The maximum atomic E-state index is 11.7. The molecule has 1 aliphatic heterocycles. The third-order valence-electron chi connectivity index (χ3n) is 3.31. The topological polar surface area (TPSA) is 41.6 Å². The van der Waals surface area contributed by atoms with Crippen LogP contribution in [0.1, 0.15) is 25.7 Å². The number of nitrogens with zero attached hydrogens (tertiary/aromatic N) is 1. The molecule has 2 rings (SSSR count). The second kappa shape index (κ2) is 6.21. The van der Waals surface area contributed by atoms with Crippen LogP contribution in [0.25, 0.3) is 0 Å². The van der Waals surface area contributed by atoms with Gasteiger partial charge in [-0.2, -0.15) is 0 Å². The van der Waals surface area contributed by atoms with Crippen molar-refractivity contribution in [3.05, 3.63) is 0 Å². The lowest BCUT2D eigenvalue weighted by atomic mass is 10.3. The molecule has 0 spiro atoms. The molecule has 1 heterocycles. The minimum absolute atomic E-state index is 0.266. The van der Waals surface area contributed by atoms with Crippen LogP contribution in [0.3, 0.4) is 0 Å². The fraction of sp³-hybridized carbons (Fsp3) is 0.917. The molecule has 2 aliphatic rings. The van der Waals surface area contributed by atoms with Gasteiger partial charge < -0.3 is 15.0 Å². The predicted molar refractivity (Wildman–Crippen MR) is 62.2 cm³/mol. The number of ether oxygens (including phenoxy) is 1. The maximum Gasteiger partial charge on any atom is 0.224 e. The number of rotatable bonds is 6. The Kier molecular flexibility index (Phi) is 4.60. The number of amides is 1. The van der Waals surface area contributed by atoms with Gasteiger partial charge in [-0.05, 0) is 18.9 Å². The molecule has 92 valence electrons. The number of nitrogens with one attached hydrogen (secondary N) is 1. The molecule has 1 saturated carbocycles. The van der Waals surface area contributed by atoms with Gasteiger partial charge in [0.1, 0.15) is 0 Å². The van der Waals surface area contributed by atoms with E-state index < -0.39 is 0 Å². The Morgan fingerprint density at radius 3 is 2.69 bits per heavy atom. The van der Waals surface area contributed by atoms with E-state index in [1.54, 1.807) is 0 Å². The quantitative estimate of drug-likeness (QED) is 0.675. The summed E-state index contributed by atoms with van der Waals surface area (Å²) in [5.74, 6) is 1.24. The molecule has 4 nitrogen and oxygen atoms in total. The van der Waals surface area contributed by atoms with Gasteiger partial charge >= 0.3 is 0 Å². The largest absolute Gasteiger partial charge is 0.378 e. The highest BCUT2D eigenvalue weighted by molar-refractivity contribution is 5.76. The number of carbonyl (C=O) groups excluding carboxylic acids is 1. The van der Waals surface area contributed by atoms with Crippen LogP contribution < -0.4 is 5.32 Å². The molecule has 1 N–H and O–H groups in total. The van der Waals surface area contributed by atoms with Gasteiger partial charge in [0, 0.05) is 26.1 Å². The van der Waals surface area contributed by atoms with E-state index in [4.69, 9.17) is 4.74 Å². The first-order valence-corrected chi connectivity index (χ1v) is 6.42. The molecular formula is C12H22N2O2. The summed E-state index contributed by atoms with van der Waals surface area (Å²) in [6.07, 6.45) is 4.74. The molecule has 2 fully saturated rings. The summed E-state index contributed by atoms with van der Waals surface area (Å²) in [5, 5.41) is 3.35. The van der Waals surface area contributed by atoms with E-state index in [9.17, 15) is 4.79 Å². The zero-order valence-electron chi connectivity index (χ0n) is 9.91. The molecule has 1 aliphatic carbocycles. The molecule has 0 bridgehead atoms. The second-order valence-electron chi connectivity index (χ2n) is 4.73. The predicted octanol–water partition coefficient (Wildman–Crippen LogP) is 0.625. The summed E-state index contributed by atoms with van der Waals surface area (Å²) in [6.45, 7) is 4.81. The van der Waals surface area contributed by atoms with Crippen molar-refractivity contribution in [3.8, 4) is 0 Å². The lowest BCUT2D eigenvalue weighted by Crippen LogP contribution is -2.41. The molecule has 0 unspecified atom stereocenters. The Morgan fingerprint density at radius 2 is 2.00 bits per heavy atom. The average Bonchev–Trinajstić information content (AvgIpc) is 3.13. The van der Waals surface area contributed by atoms with E-state index in [0.29, 0.717) is 19.6 Å². The maximum absolute atomic E-state index is 11.7. The highest BCUT2D eigenvalue weighted by atomic mass is 16.5. The van der Waals surface area contributed by atoms with Crippen molar-refractivity contribution in [2.24, 2.45) is 5.92 Å². The molecule has 16 heavy (non-hydrogen) atoms. The van der Waals surface area contributed by atoms with Gasteiger partial charge in [-0.25, -0.2) is 0 Å². The minimum Gasteiger partial charge on any atom is -0.378 e. The normalized spacial score (nSPS) is 21.1. The molecule has 4 heteroatoms. The van der Waals surface area contributed by atoms with Crippen LogP contribution in [0.5, 0.6) is 0 Å². The van der Waals surface area contributed by atoms with E-state index in [0.717, 1.165) is 32.1 Å². The zero-order valence-corrected chi connectivity index (χ0v) is 9.91. The fourth-order valence-corrected chi connectivity index (χ4v) is 2.00. The summed E-state index contributed by atoms with van der Waals surface area (Å²) >= 11 is 0. The summed E-state index contributed by atoms with van der Waals surface area (Å²) in [7, 11) is 0. The molecule has 0 aromatic heterocycles. The van der Waals surface area contributed by atoms with Crippen molar-refractivity contribution in [3.63, 3.8) is 0 Å². The molecule has 0 aromatic carbocycles. The van der Waals surface area contributed by atoms with Crippen LogP contribution in [-0.4, -0.2) is 50.2 Å². The van der Waals surface area contributed by atoms with Gasteiger partial charge in [0.05, 0.1) is 13.2 Å². The first kappa shape index (κ1) is 11.9. The Bertz CT molecular complexity index is 223. The highest BCUT2D eigenvalue weighted by Crippen LogP contribution is 2.31. The van der Waals surface area contributed by atoms with Crippen molar-refractivity contribution in [2.75, 3.05) is 39.4 Å². The number of hydrogen-bond acceptors (Lipinski definition) is 3. The summed E-state index contributed by atoms with van der Waals surface area (Å²) in [6, 6.07) is 0. The van der Waals surface area contributed by atoms with Crippen LogP contribution >= 0.6 is 0 Å². The van der Waals surface area contributed by atoms with Gasteiger partial charge in [0.2, 0.25) is 5.91 Å². The third-order valence-corrected chi connectivity index (χ3v) is 3.31.